The molecule has 1 aliphatic heterocycles. The molecule has 45 heavy (non-hydrogen) atoms. The summed E-state index contributed by atoms with van der Waals surface area (Å²) in [5.74, 6) is 1.56. The molecule has 2 heterocycles. The van der Waals surface area contributed by atoms with Crippen LogP contribution in [0.5, 0.6) is 5.75 Å². The number of fused-ring (bicyclic) bond motifs is 3. The van der Waals surface area contributed by atoms with Gasteiger partial charge in [0.05, 0.1) is 24.4 Å². The van der Waals surface area contributed by atoms with Crippen molar-refractivity contribution >= 4 is 41.7 Å². The lowest BCUT2D eigenvalue weighted by Gasteiger charge is -2.15. The molecule has 13 heteroatoms. The predicted molar refractivity (Wildman–Crippen MR) is 173 cm³/mol. The van der Waals surface area contributed by atoms with Crippen LogP contribution in [0.4, 0.5) is 0 Å². The highest BCUT2D eigenvalue weighted by Crippen LogP contribution is 2.34. The summed E-state index contributed by atoms with van der Waals surface area (Å²) in [7, 11) is -1.57. The number of aromatic nitrogens is 3. The minimum absolute atomic E-state index is 0.119. The van der Waals surface area contributed by atoms with Crippen molar-refractivity contribution in [3.05, 3.63) is 100 Å². The van der Waals surface area contributed by atoms with Crippen LogP contribution in [-0.2, 0) is 4.79 Å². The fourth-order valence-electron chi connectivity index (χ4n) is 5.11. The Morgan fingerprint density at radius 2 is 1.76 bits per heavy atom. The summed E-state index contributed by atoms with van der Waals surface area (Å²) in [4.78, 5) is 30.2. The Hall–Kier alpha value is -4.52. The van der Waals surface area contributed by atoms with E-state index in [4.69, 9.17) is 21.3 Å². The Morgan fingerprint density at radius 3 is 2.47 bits per heavy atom. The van der Waals surface area contributed by atoms with Gasteiger partial charge in [-0.05, 0) is 74.6 Å². The Labute approximate surface area is 266 Å². The highest BCUT2D eigenvalue weighted by Gasteiger charge is 2.30. The molecule has 3 aromatic carbocycles. The van der Waals surface area contributed by atoms with Crippen molar-refractivity contribution in [2.45, 2.75) is 39.2 Å². The van der Waals surface area contributed by atoms with Crippen molar-refractivity contribution < 1.29 is 24.4 Å². The summed E-state index contributed by atoms with van der Waals surface area (Å²) in [6.45, 7) is 5.16. The molecule has 1 atom stereocenters. The summed E-state index contributed by atoms with van der Waals surface area (Å²) in [6.07, 6.45) is 1.52. The maximum Gasteiger partial charge on any atom is 0.488 e. The summed E-state index contributed by atoms with van der Waals surface area (Å²) >= 11 is 6.20. The van der Waals surface area contributed by atoms with Crippen LogP contribution in [0.1, 0.15) is 65.4 Å². The highest BCUT2D eigenvalue weighted by atomic mass is 35.5. The number of carbonyl (C=O) groups excluding carboxylic acids is 2. The Bertz CT molecular complexity index is 1690. The fraction of sp³-hybridized carbons (Fsp3) is 0.281. The lowest BCUT2D eigenvalue weighted by Crippen LogP contribution is -2.30. The SMILES string of the molecule is CCNC(=O)C[C@@H]1N=C(c2ccc(Cl)cc2)c2cc(OCCCCNC(=O)c3ccc(B(O)O)cc3)ccc2-n2c(C)nnc21. The van der Waals surface area contributed by atoms with Crippen molar-refractivity contribution in [3.8, 4) is 11.4 Å². The summed E-state index contributed by atoms with van der Waals surface area (Å²) < 4.78 is 8.07. The maximum atomic E-state index is 12.7. The number of benzene rings is 3. The molecule has 11 nitrogen and oxygen atoms in total. The van der Waals surface area contributed by atoms with E-state index in [2.05, 4.69) is 20.8 Å². The molecule has 4 N–H and O–H groups in total. The van der Waals surface area contributed by atoms with Crippen molar-refractivity contribution in [2.24, 2.45) is 4.99 Å². The minimum Gasteiger partial charge on any atom is -0.494 e. The molecule has 0 spiro atoms. The predicted octanol–water partition coefficient (Wildman–Crippen LogP) is 2.92. The van der Waals surface area contributed by atoms with E-state index >= 15 is 0 Å². The zero-order valence-electron chi connectivity index (χ0n) is 25.0. The van der Waals surface area contributed by atoms with Crippen LogP contribution in [0.25, 0.3) is 5.69 Å². The van der Waals surface area contributed by atoms with Crippen LogP contribution in [0, 0.1) is 6.92 Å². The molecule has 2 amide bonds. The van der Waals surface area contributed by atoms with Crippen LogP contribution in [0.15, 0.2) is 71.7 Å². The first-order chi connectivity index (χ1) is 21.7. The first-order valence-electron chi connectivity index (χ1n) is 14.8. The number of ether oxygens (including phenoxy) is 1. The lowest BCUT2D eigenvalue weighted by atomic mass is 9.80. The zero-order valence-corrected chi connectivity index (χ0v) is 25.8. The van der Waals surface area contributed by atoms with Crippen LogP contribution in [-0.4, -0.2) is 69.2 Å². The third-order valence-corrected chi connectivity index (χ3v) is 7.62. The number of nitrogens with one attached hydrogen (secondary N) is 2. The molecule has 0 fully saturated rings. The first-order valence-corrected chi connectivity index (χ1v) is 15.2. The molecule has 0 saturated carbocycles. The largest absolute Gasteiger partial charge is 0.494 e. The number of hydrogen-bond acceptors (Lipinski definition) is 8. The second-order valence-electron chi connectivity index (χ2n) is 10.6. The molecule has 1 aliphatic rings. The van der Waals surface area contributed by atoms with Gasteiger partial charge in [0.1, 0.15) is 17.6 Å². The van der Waals surface area contributed by atoms with E-state index in [1.807, 2.05) is 60.9 Å². The van der Waals surface area contributed by atoms with E-state index in [0.717, 1.165) is 16.8 Å². The molecule has 0 unspecified atom stereocenters. The number of carbonyl (C=O) groups is 2. The van der Waals surface area contributed by atoms with E-state index in [-0.39, 0.29) is 18.2 Å². The molecule has 232 valence electrons. The number of nitrogens with zero attached hydrogens (tertiary/aromatic N) is 4. The molecule has 0 bridgehead atoms. The molecule has 4 aromatic rings. The number of aliphatic imine (C=N–C) groups is 1. The van der Waals surface area contributed by atoms with Gasteiger partial charge in [0.2, 0.25) is 5.91 Å². The summed E-state index contributed by atoms with van der Waals surface area (Å²) in [5, 5.41) is 33.5. The fourth-order valence-corrected chi connectivity index (χ4v) is 5.24. The molecule has 0 aliphatic carbocycles. The van der Waals surface area contributed by atoms with Crippen molar-refractivity contribution in [1.82, 2.24) is 25.4 Å². The van der Waals surface area contributed by atoms with Gasteiger partial charge in [-0.15, -0.1) is 10.2 Å². The van der Waals surface area contributed by atoms with Gasteiger partial charge in [0.25, 0.3) is 5.91 Å². The average Bonchev–Trinajstić information content (AvgIpc) is 3.36. The number of rotatable bonds is 12. The zero-order chi connectivity index (χ0) is 31.9. The average molecular weight is 629 g/mol. The summed E-state index contributed by atoms with van der Waals surface area (Å²) in [5.41, 5.74) is 3.94. The normalized spacial score (nSPS) is 13.6. The molecular formula is C32H34BClN6O5. The number of amides is 2. The van der Waals surface area contributed by atoms with Crippen molar-refractivity contribution in [3.63, 3.8) is 0 Å². The second kappa shape index (κ2) is 14.5. The maximum absolute atomic E-state index is 12.7. The first kappa shape index (κ1) is 31.9. The van der Waals surface area contributed by atoms with Crippen molar-refractivity contribution in [1.29, 1.82) is 0 Å². The number of unbranched alkanes of at least 4 members (excludes halogenated alkanes) is 1. The molecule has 5 rings (SSSR count). The van der Waals surface area contributed by atoms with Gasteiger partial charge in [0, 0.05) is 34.8 Å². The minimum atomic E-state index is -1.57. The van der Waals surface area contributed by atoms with Gasteiger partial charge in [-0.25, -0.2) is 0 Å². The standard InChI is InChI=1S/C32H34BClN6O5/c1-3-35-29(41)19-27-31-39-38-20(2)40(31)28-15-14-25(18-26(28)30(37-27)21-8-12-24(34)13-9-21)45-17-5-4-16-36-32(42)22-6-10-23(11-7-22)33(43)44/h6-15,18,27,43-44H,3-5,16-17,19H2,1-2H3,(H,35,41)(H,36,42)/t27-/m0/s1. The van der Waals surface area contributed by atoms with Gasteiger partial charge in [-0.1, -0.05) is 35.9 Å². The highest BCUT2D eigenvalue weighted by molar-refractivity contribution is 6.58. The van der Waals surface area contributed by atoms with Crippen LogP contribution >= 0.6 is 11.6 Å². The van der Waals surface area contributed by atoms with E-state index in [9.17, 15) is 19.6 Å². The molecule has 1 aromatic heterocycles. The van der Waals surface area contributed by atoms with E-state index in [1.165, 1.54) is 12.1 Å². The van der Waals surface area contributed by atoms with Gasteiger partial charge in [-0.2, -0.15) is 0 Å². The van der Waals surface area contributed by atoms with Gasteiger partial charge in [-0.3, -0.25) is 19.1 Å². The van der Waals surface area contributed by atoms with Crippen molar-refractivity contribution in [2.75, 3.05) is 19.7 Å². The topological polar surface area (TPSA) is 151 Å². The Morgan fingerprint density at radius 1 is 1.00 bits per heavy atom. The van der Waals surface area contributed by atoms with Crippen LogP contribution in [0.3, 0.4) is 0 Å². The quantitative estimate of drug-likeness (QED) is 0.139. The van der Waals surface area contributed by atoms with Gasteiger partial charge < -0.3 is 25.4 Å². The smallest absolute Gasteiger partial charge is 0.488 e. The van der Waals surface area contributed by atoms with Gasteiger partial charge in [0.15, 0.2) is 5.82 Å². The van der Waals surface area contributed by atoms with Crippen LogP contribution < -0.4 is 20.8 Å². The van der Waals surface area contributed by atoms with E-state index in [1.54, 1.807) is 12.1 Å². The van der Waals surface area contributed by atoms with E-state index < -0.39 is 13.2 Å². The lowest BCUT2D eigenvalue weighted by molar-refractivity contribution is -0.121. The van der Waals surface area contributed by atoms with Crippen LogP contribution in [0.2, 0.25) is 5.02 Å². The van der Waals surface area contributed by atoms with E-state index in [0.29, 0.717) is 71.7 Å². The number of aryl methyl sites for hydroxylation is 1. The van der Waals surface area contributed by atoms with Gasteiger partial charge >= 0.3 is 7.12 Å². The third-order valence-electron chi connectivity index (χ3n) is 7.36. The Kier molecular flexibility index (Phi) is 10.3. The third kappa shape index (κ3) is 7.59. The molecular weight excluding hydrogens is 595 g/mol. The molecule has 0 radical (unpaired) electrons. The summed E-state index contributed by atoms with van der Waals surface area (Å²) in [6, 6.07) is 18.8. The number of hydrogen-bond donors (Lipinski definition) is 4. The molecule has 0 saturated heterocycles. The Balaban J connectivity index is 1.30. The monoisotopic (exact) mass is 628 g/mol. The number of halogens is 1. The second-order valence-corrected chi connectivity index (χ2v) is 11.0.